The van der Waals surface area contributed by atoms with Crippen molar-refractivity contribution < 1.29 is 18.7 Å². The highest BCUT2D eigenvalue weighted by molar-refractivity contribution is 7.15. The highest BCUT2D eigenvalue weighted by atomic mass is 32.1. The fourth-order valence-electron chi connectivity index (χ4n) is 2.73. The summed E-state index contributed by atoms with van der Waals surface area (Å²) in [6, 6.07) is 5.96. The molecule has 0 atom stereocenters. The van der Waals surface area contributed by atoms with Crippen LogP contribution in [0, 0.1) is 5.82 Å². The third-order valence-electron chi connectivity index (χ3n) is 3.88. The molecule has 0 unspecified atom stereocenters. The van der Waals surface area contributed by atoms with Crippen molar-refractivity contribution in [2.75, 3.05) is 11.9 Å². The summed E-state index contributed by atoms with van der Waals surface area (Å²) in [4.78, 5) is 31.4. The number of hydrogen-bond acceptors (Lipinski definition) is 5. The summed E-state index contributed by atoms with van der Waals surface area (Å²) in [5.41, 5.74) is 0.951. The maximum atomic E-state index is 13.2. The predicted octanol–water partition coefficient (Wildman–Crippen LogP) is 3.76. The summed E-state index contributed by atoms with van der Waals surface area (Å²) in [6.45, 7) is 6.45. The lowest BCUT2D eigenvalue weighted by molar-refractivity contribution is -0.115. The Morgan fingerprint density at radius 3 is 2.85 bits per heavy atom. The van der Waals surface area contributed by atoms with Crippen molar-refractivity contribution in [1.82, 2.24) is 9.88 Å². The normalized spacial score (nSPS) is 13.9. The standard InChI is InChI=1S/C19H22FN3O3S/c1-19(2,3)26-18(25)23-8-7-14-15(11-23)27-17(21-14)22-16(24)10-12-5-4-6-13(20)9-12/h4-6,9H,7-8,10-11H2,1-3H3,(H,21,22,24). The maximum Gasteiger partial charge on any atom is 0.410 e. The predicted molar refractivity (Wildman–Crippen MR) is 101 cm³/mol. The zero-order valence-electron chi connectivity index (χ0n) is 15.5. The van der Waals surface area contributed by atoms with E-state index in [0.717, 1.165) is 10.6 Å². The van der Waals surface area contributed by atoms with Crippen LogP contribution in [0.3, 0.4) is 0 Å². The third-order valence-corrected chi connectivity index (χ3v) is 4.88. The fourth-order valence-corrected chi connectivity index (χ4v) is 3.77. The lowest BCUT2D eigenvalue weighted by atomic mass is 10.1. The topological polar surface area (TPSA) is 71.5 Å². The second-order valence-corrected chi connectivity index (χ2v) is 8.48. The van der Waals surface area contributed by atoms with Gasteiger partial charge in [-0.2, -0.15) is 0 Å². The van der Waals surface area contributed by atoms with Gasteiger partial charge in [0.15, 0.2) is 5.13 Å². The number of amides is 2. The number of anilines is 1. The van der Waals surface area contributed by atoms with Gasteiger partial charge in [0.25, 0.3) is 0 Å². The van der Waals surface area contributed by atoms with Crippen molar-refractivity contribution in [2.24, 2.45) is 0 Å². The fraction of sp³-hybridized carbons (Fsp3) is 0.421. The molecule has 2 amide bonds. The number of carbonyl (C=O) groups is 2. The molecule has 0 aliphatic carbocycles. The average Bonchev–Trinajstić information content (AvgIpc) is 2.94. The van der Waals surface area contributed by atoms with Gasteiger partial charge in [-0.1, -0.05) is 23.5 Å². The summed E-state index contributed by atoms with van der Waals surface area (Å²) in [6.07, 6.45) is 0.343. The second-order valence-electron chi connectivity index (χ2n) is 7.40. The van der Waals surface area contributed by atoms with Crippen molar-refractivity contribution >= 4 is 28.5 Å². The Balaban J connectivity index is 1.61. The van der Waals surface area contributed by atoms with Crippen LogP contribution < -0.4 is 5.32 Å². The Kier molecular flexibility index (Phi) is 5.46. The zero-order chi connectivity index (χ0) is 19.6. The molecule has 1 N–H and O–H groups in total. The van der Waals surface area contributed by atoms with Crippen LogP contribution in [-0.2, 0) is 28.9 Å². The Labute approximate surface area is 161 Å². The first-order valence-corrected chi connectivity index (χ1v) is 9.52. The van der Waals surface area contributed by atoms with Crippen LogP contribution in [-0.4, -0.2) is 34.0 Å². The number of aromatic nitrogens is 1. The first-order valence-electron chi connectivity index (χ1n) is 8.70. The van der Waals surface area contributed by atoms with Crippen molar-refractivity contribution in [3.8, 4) is 0 Å². The number of ether oxygens (including phenoxy) is 1. The minimum absolute atomic E-state index is 0.0754. The van der Waals surface area contributed by atoms with Crippen LogP contribution in [0.1, 0.15) is 36.9 Å². The molecule has 1 aromatic carbocycles. The van der Waals surface area contributed by atoms with E-state index in [9.17, 15) is 14.0 Å². The van der Waals surface area contributed by atoms with Gasteiger partial charge in [-0.3, -0.25) is 4.79 Å². The second kappa shape index (κ2) is 7.64. The van der Waals surface area contributed by atoms with E-state index in [2.05, 4.69) is 10.3 Å². The van der Waals surface area contributed by atoms with E-state index in [1.807, 2.05) is 20.8 Å². The van der Waals surface area contributed by atoms with Gasteiger partial charge < -0.3 is 15.0 Å². The lowest BCUT2D eigenvalue weighted by Crippen LogP contribution is -2.39. The Morgan fingerprint density at radius 1 is 1.37 bits per heavy atom. The van der Waals surface area contributed by atoms with Crippen molar-refractivity contribution in [2.45, 2.75) is 45.8 Å². The molecule has 0 fully saturated rings. The number of halogens is 1. The zero-order valence-corrected chi connectivity index (χ0v) is 16.4. The Hall–Kier alpha value is -2.48. The molecule has 0 spiro atoms. The van der Waals surface area contributed by atoms with Crippen LogP contribution in [0.15, 0.2) is 24.3 Å². The molecule has 1 aromatic heterocycles. The molecule has 0 radical (unpaired) electrons. The van der Waals surface area contributed by atoms with Gasteiger partial charge in [-0.25, -0.2) is 14.2 Å². The van der Waals surface area contributed by atoms with E-state index < -0.39 is 5.60 Å². The van der Waals surface area contributed by atoms with E-state index in [1.165, 1.54) is 23.5 Å². The molecule has 27 heavy (non-hydrogen) atoms. The summed E-state index contributed by atoms with van der Waals surface area (Å²) in [7, 11) is 0. The van der Waals surface area contributed by atoms with Gasteiger partial charge in [0.2, 0.25) is 5.91 Å². The van der Waals surface area contributed by atoms with Gasteiger partial charge in [0.1, 0.15) is 11.4 Å². The molecule has 1 aliphatic heterocycles. The molecule has 144 valence electrons. The number of rotatable bonds is 3. The Bertz CT molecular complexity index is 860. The van der Waals surface area contributed by atoms with E-state index in [4.69, 9.17) is 4.74 Å². The molecular formula is C19H22FN3O3S. The van der Waals surface area contributed by atoms with E-state index >= 15 is 0 Å². The van der Waals surface area contributed by atoms with Gasteiger partial charge in [-0.05, 0) is 38.5 Å². The summed E-state index contributed by atoms with van der Waals surface area (Å²) in [5.74, 6) is -0.622. The molecule has 6 nitrogen and oxygen atoms in total. The summed E-state index contributed by atoms with van der Waals surface area (Å²) in [5, 5.41) is 3.25. The number of nitrogens with one attached hydrogen (secondary N) is 1. The van der Waals surface area contributed by atoms with Crippen molar-refractivity contribution in [3.63, 3.8) is 0 Å². The van der Waals surface area contributed by atoms with Crippen LogP contribution in [0.2, 0.25) is 0 Å². The smallest absolute Gasteiger partial charge is 0.410 e. The molecule has 2 heterocycles. The molecule has 0 bridgehead atoms. The van der Waals surface area contributed by atoms with Crippen molar-refractivity contribution in [1.29, 1.82) is 0 Å². The molecule has 2 aromatic rings. The maximum absolute atomic E-state index is 13.2. The van der Waals surface area contributed by atoms with Crippen LogP contribution >= 0.6 is 11.3 Å². The molecule has 0 saturated carbocycles. The molecule has 8 heteroatoms. The first-order chi connectivity index (χ1) is 12.7. The number of carbonyl (C=O) groups excluding carboxylic acids is 2. The number of hydrogen-bond donors (Lipinski definition) is 1. The van der Waals surface area contributed by atoms with Crippen LogP contribution in [0.4, 0.5) is 14.3 Å². The summed E-state index contributed by atoms with van der Waals surface area (Å²) < 4.78 is 18.6. The molecule has 1 aliphatic rings. The summed E-state index contributed by atoms with van der Waals surface area (Å²) >= 11 is 1.35. The lowest BCUT2D eigenvalue weighted by Gasteiger charge is -2.29. The van der Waals surface area contributed by atoms with Crippen LogP contribution in [0.25, 0.3) is 0 Å². The first kappa shape index (κ1) is 19.3. The Morgan fingerprint density at radius 2 is 2.15 bits per heavy atom. The minimum Gasteiger partial charge on any atom is -0.444 e. The quantitative estimate of drug-likeness (QED) is 0.865. The molecular weight excluding hydrogens is 369 g/mol. The van der Waals surface area contributed by atoms with Gasteiger partial charge in [-0.15, -0.1) is 0 Å². The van der Waals surface area contributed by atoms with Gasteiger partial charge in [0.05, 0.1) is 18.7 Å². The van der Waals surface area contributed by atoms with Crippen molar-refractivity contribution in [3.05, 3.63) is 46.2 Å². The third kappa shape index (κ3) is 5.26. The highest BCUT2D eigenvalue weighted by Gasteiger charge is 2.28. The number of nitrogens with zero attached hydrogens (tertiary/aromatic N) is 2. The highest BCUT2D eigenvalue weighted by Crippen LogP contribution is 2.29. The monoisotopic (exact) mass is 391 g/mol. The van der Waals surface area contributed by atoms with E-state index in [0.29, 0.717) is 30.2 Å². The number of fused-ring (bicyclic) bond motifs is 1. The molecule has 0 saturated heterocycles. The largest absolute Gasteiger partial charge is 0.444 e. The van der Waals surface area contributed by atoms with E-state index in [-0.39, 0.29) is 24.2 Å². The number of thiazole rings is 1. The van der Waals surface area contributed by atoms with Crippen LogP contribution in [0.5, 0.6) is 0 Å². The minimum atomic E-state index is -0.541. The van der Waals surface area contributed by atoms with E-state index in [1.54, 1.807) is 17.0 Å². The molecule has 3 rings (SSSR count). The van der Waals surface area contributed by atoms with Gasteiger partial charge in [0, 0.05) is 17.8 Å². The number of benzene rings is 1. The SMILES string of the molecule is CC(C)(C)OC(=O)N1CCc2nc(NC(=O)Cc3cccc(F)c3)sc2C1. The average molecular weight is 391 g/mol. The van der Waals surface area contributed by atoms with Gasteiger partial charge >= 0.3 is 6.09 Å².